The Kier molecular flexibility index (Phi) is 2.28. The Labute approximate surface area is 78.4 Å². The highest BCUT2D eigenvalue weighted by Gasteiger charge is 2.48. The van der Waals surface area contributed by atoms with E-state index in [1.807, 2.05) is 6.92 Å². The standard InChI is InChI=1S/C10H16O3/c1-2-12-9(11)8-3-5-10(6-4-8)7-13-10/h8H,2-7H2,1H3/t8-,10+. The maximum atomic E-state index is 11.4. The molecule has 13 heavy (non-hydrogen) atoms. The summed E-state index contributed by atoms with van der Waals surface area (Å²) in [7, 11) is 0. The van der Waals surface area contributed by atoms with Gasteiger partial charge in [-0.1, -0.05) is 0 Å². The van der Waals surface area contributed by atoms with Gasteiger partial charge in [0.2, 0.25) is 0 Å². The minimum absolute atomic E-state index is 0.0157. The number of hydrogen-bond donors (Lipinski definition) is 0. The Bertz CT molecular complexity index is 198. The number of carbonyl (C=O) groups excluding carboxylic acids is 1. The first-order valence-corrected chi connectivity index (χ1v) is 5.06. The fourth-order valence-electron chi connectivity index (χ4n) is 2.03. The molecule has 0 N–H and O–H groups in total. The van der Waals surface area contributed by atoms with Crippen LogP contribution in [-0.2, 0) is 14.3 Å². The highest BCUT2D eigenvalue weighted by Crippen LogP contribution is 2.43. The van der Waals surface area contributed by atoms with E-state index in [4.69, 9.17) is 9.47 Å². The molecule has 0 atom stereocenters. The van der Waals surface area contributed by atoms with Crippen LogP contribution in [0, 0.1) is 5.92 Å². The van der Waals surface area contributed by atoms with Crippen LogP contribution in [0.25, 0.3) is 0 Å². The van der Waals surface area contributed by atoms with Gasteiger partial charge in [0, 0.05) is 0 Å². The van der Waals surface area contributed by atoms with E-state index < -0.39 is 0 Å². The summed E-state index contributed by atoms with van der Waals surface area (Å²) in [6.45, 7) is 3.26. The molecule has 1 saturated carbocycles. The van der Waals surface area contributed by atoms with Crippen LogP contribution in [0.1, 0.15) is 32.6 Å². The molecular formula is C10H16O3. The SMILES string of the molecule is CCOC(=O)[C@H]1CC[C@@]2(CC1)CO2. The third-order valence-corrected chi connectivity index (χ3v) is 3.07. The van der Waals surface area contributed by atoms with E-state index in [9.17, 15) is 4.79 Å². The summed E-state index contributed by atoms with van der Waals surface area (Å²) in [4.78, 5) is 11.4. The van der Waals surface area contributed by atoms with Crippen LogP contribution in [0.4, 0.5) is 0 Å². The number of epoxide rings is 1. The minimum Gasteiger partial charge on any atom is -0.466 e. The van der Waals surface area contributed by atoms with Gasteiger partial charge in [0.25, 0.3) is 0 Å². The predicted molar refractivity (Wildman–Crippen MR) is 47.3 cm³/mol. The Morgan fingerprint density at radius 2 is 2.15 bits per heavy atom. The molecular weight excluding hydrogens is 168 g/mol. The van der Waals surface area contributed by atoms with Crippen LogP contribution < -0.4 is 0 Å². The average molecular weight is 184 g/mol. The molecule has 2 fully saturated rings. The maximum absolute atomic E-state index is 11.4. The molecule has 0 bridgehead atoms. The molecule has 0 amide bonds. The second kappa shape index (κ2) is 3.29. The van der Waals surface area contributed by atoms with Crippen LogP contribution >= 0.6 is 0 Å². The Hall–Kier alpha value is -0.570. The quantitative estimate of drug-likeness (QED) is 0.482. The van der Waals surface area contributed by atoms with Gasteiger partial charge in [0.1, 0.15) is 0 Å². The van der Waals surface area contributed by atoms with Gasteiger partial charge in [0.05, 0.1) is 24.7 Å². The van der Waals surface area contributed by atoms with Gasteiger partial charge in [-0.25, -0.2) is 0 Å². The average Bonchev–Trinajstić information content (AvgIpc) is 2.87. The van der Waals surface area contributed by atoms with E-state index in [2.05, 4.69) is 0 Å². The Morgan fingerprint density at radius 3 is 2.62 bits per heavy atom. The van der Waals surface area contributed by atoms with E-state index in [1.54, 1.807) is 0 Å². The summed E-state index contributed by atoms with van der Waals surface area (Å²) in [6.07, 6.45) is 3.96. The zero-order valence-corrected chi connectivity index (χ0v) is 8.04. The van der Waals surface area contributed by atoms with Crippen molar-refractivity contribution in [2.75, 3.05) is 13.2 Å². The van der Waals surface area contributed by atoms with Crippen LogP contribution in [0.5, 0.6) is 0 Å². The molecule has 3 heteroatoms. The van der Waals surface area contributed by atoms with Crippen LogP contribution in [0.2, 0.25) is 0 Å². The first-order chi connectivity index (χ1) is 6.26. The second-order valence-electron chi connectivity index (χ2n) is 4.00. The van der Waals surface area contributed by atoms with Crippen molar-refractivity contribution in [1.82, 2.24) is 0 Å². The highest BCUT2D eigenvalue weighted by molar-refractivity contribution is 5.72. The lowest BCUT2D eigenvalue weighted by atomic mass is 9.82. The lowest BCUT2D eigenvalue weighted by molar-refractivity contribution is -0.149. The van der Waals surface area contributed by atoms with E-state index in [1.165, 1.54) is 0 Å². The summed E-state index contributed by atoms with van der Waals surface area (Å²) < 4.78 is 10.4. The van der Waals surface area contributed by atoms with Gasteiger partial charge in [-0.05, 0) is 32.6 Å². The van der Waals surface area contributed by atoms with E-state index in [0.29, 0.717) is 6.61 Å². The lowest BCUT2D eigenvalue weighted by Crippen LogP contribution is -2.27. The molecule has 0 unspecified atom stereocenters. The van der Waals surface area contributed by atoms with Crippen molar-refractivity contribution in [1.29, 1.82) is 0 Å². The Morgan fingerprint density at radius 1 is 1.54 bits per heavy atom. The van der Waals surface area contributed by atoms with Crippen molar-refractivity contribution in [3.05, 3.63) is 0 Å². The molecule has 2 aliphatic rings. The monoisotopic (exact) mass is 184 g/mol. The van der Waals surface area contributed by atoms with E-state index >= 15 is 0 Å². The van der Waals surface area contributed by atoms with E-state index in [0.717, 1.165) is 32.3 Å². The zero-order valence-electron chi connectivity index (χ0n) is 8.04. The number of carbonyl (C=O) groups is 1. The molecule has 0 radical (unpaired) electrons. The molecule has 1 aliphatic carbocycles. The first kappa shape index (κ1) is 9.00. The summed E-state index contributed by atoms with van der Waals surface area (Å²) in [5, 5.41) is 0. The van der Waals surface area contributed by atoms with Crippen molar-refractivity contribution in [2.24, 2.45) is 5.92 Å². The molecule has 3 nitrogen and oxygen atoms in total. The Balaban J connectivity index is 1.80. The first-order valence-electron chi connectivity index (χ1n) is 5.06. The van der Waals surface area contributed by atoms with Gasteiger partial charge in [-0.15, -0.1) is 0 Å². The lowest BCUT2D eigenvalue weighted by Gasteiger charge is -2.24. The van der Waals surface area contributed by atoms with Crippen molar-refractivity contribution >= 4 is 5.97 Å². The number of rotatable bonds is 2. The van der Waals surface area contributed by atoms with Crippen molar-refractivity contribution in [3.63, 3.8) is 0 Å². The van der Waals surface area contributed by atoms with Gasteiger partial charge in [0.15, 0.2) is 0 Å². The second-order valence-corrected chi connectivity index (χ2v) is 4.00. The van der Waals surface area contributed by atoms with Crippen molar-refractivity contribution < 1.29 is 14.3 Å². The number of esters is 1. The molecule has 0 aromatic heterocycles. The van der Waals surface area contributed by atoms with Gasteiger partial charge in [-0.3, -0.25) is 4.79 Å². The summed E-state index contributed by atoms with van der Waals surface area (Å²) in [6, 6.07) is 0. The smallest absolute Gasteiger partial charge is 0.308 e. The summed E-state index contributed by atoms with van der Waals surface area (Å²) in [5.41, 5.74) is 0.184. The molecule has 74 valence electrons. The molecule has 0 aromatic carbocycles. The topological polar surface area (TPSA) is 38.8 Å². The summed E-state index contributed by atoms with van der Waals surface area (Å²) in [5.74, 6) is 0.118. The van der Waals surface area contributed by atoms with Crippen molar-refractivity contribution in [3.8, 4) is 0 Å². The van der Waals surface area contributed by atoms with Crippen LogP contribution in [0.15, 0.2) is 0 Å². The van der Waals surface area contributed by atoms with Crippen LogP contribution in [-0.4, -0.2) is 24.8 Å². The normalized spacial score (nSPS) is 37.5. The predicted octanol–water partition coefficient (Wildman–Crippen LogP) is 1.51. The van der Waals surface area contributed by atoms with E-state index in [-0.39, 0.29) is 17.5 Å². The molecule has 2 rings (SSSR count). The number of hydrogen-bond acceptors (Lipinski definition) is 3. The fraction of sp³-hybridized carbons (Fsp3) is 0.900. The number of ether oxygens (including phenoxy) is 2. The largest absolute Gasteiger partial charge is 0.466 e. The summed E-state index contributed by atoms with van der Waals surface area (Å²) >= 11 is 0. The molecule has 1 aliphatic heterocycles. The molecule has 1 heterocycles. The molecule has 1 saturated heterocycles. The molecule has 0 aromatic rings. The highest BCUT2D eigenvalue weighted by atomic mass is 16.6. The maximum Gasteiger partial charge on any atom is 0.308 e. The fourth-order valence-corrected chi connectivity index (χ4v) is 2.03. The van der Waals surface area contributed by atoms with Gasteiger partial charge < -0.3 is 9.47 Å². The third kappa shape index (κ3) is 1.85. The van der Waals surface area contributed by atoms with Gasteiger partial charge >= 0.3 is 5.97 Å². The van der Waals surface area contributed by atoms with Crippen LogP contribution in [0.3, 0.4) is 0 Å². The zero-order chi connectivity index (χ0) is 9.31. The minimum atomic E-state index is -0.0157. The third-order valence-electron chi connectivity index (χ3n) is 3.07. The molecule has 1 spiro atoms. The van der Waals surface area contributed by atoms with Gasteiger partial charge in [-0.2, -0.15) is 0 Å². The van der Waals surface area contributed by atoms with Crippen molar-refractivity contribution in [2.45, 2.75) is 38.2 Å².